The molecule has 0 saturated heterocycles. The lowest BCUT2D eigenvalue weighted by Crippen LogP contribution is -2.02. The standard InChI is InChI=1S/C13H15ClFN3/c1-2-3-6-18-8-17-12(13(18)16)9-4-5-11(15)10(14)7-9/h4-5,7-8H,2-3,6,16H2,1H3. The van der Waals surface area contributed by atoms with Gasteiger partial charge in [0.15, 0.2) is 0 Å². The molecule has 96 valence electrons. The molecule has 3 nitrogen and oxygen atoms in total. The van der Waals surface area contributed by atoms with Crippen molar-refractivity contribution in [2.75, 3.05) is 5.73 Å². The molecule has 1 heterocycles. The molecule has 0 amide bonds. The van der Waals surface area contributed by atoms with Crippen molar-refractivity contribution in [2.24, 2.45) is 0 Å². The predicted molar refractivity (Wildman–Crippen MR) is 72.0 cm³/mol. The van der Waals surface area contributed by atoms with Crippen LogP contribution in [0, 0.1) is 5.82 Å². The number of unbranched alkanes of at least 4 members (excludes halogenated alkanes) is 1. The Labute approximate surface area is 110 Å². The number of halogens is 2. The fraction of sp³-hybridized carbons (Fsp3) is 0.308. The summed E-state index contributed by atoms with van der Waals surface area (Å²) in [6.45, 7) is 2.96. The molecular weight excluding hydrogens is 253 g/mol. The average molecular weight is 268 g/mol. The molecule has 0 radical (unpaired) electrons. The molecule has 0 atom stereocenters. The first-order chi connectivity index (χ1) is 8.63. The second kappa shape index (κ2) is 5.40. The van der Waals surface area contributed by atoms with Gasteiger partial charge in [0.1, 0.15) is 17.3 Å². The Morgan fingerprint density at radius 2 is 2.22 bits per heavy atom. The molecule has 0 bridgehead atoms. The summed E-state index contributed by atoms with van der Waals surface area (Å²) in [6, 6.07) is 4.49. The van der Waals surface area contributed by atoms with Crippen molar-refractivity contribution in [1.82, 2.24) is 9.55 Å². The van der Waals surface area contributed by atoms with Gasteiger partial charge in [-0.1, -0.05) is 24.9 Å². The van der Waals surface area contributed by atoms with Crippen molar-refractivity contribution in [2.45, 2.75) is 26.3 Å². The van der Waals surface area contributed by atoms with Crippen LogP contribution in [0.5, 0.6) is 0 Å². The summed E-state index contributed by atoms with van der Waals surface area (Å²) in [5, 5.41) is 0.0787. The van der Waals surface area contributed by atoms with Crippen LogP contribution in [0.15, 0.2) is 24.5 Å². The lowest BCUT2D eigenvalue weighted by molar-refractivity contribution is 0.628. The summed E-state index contributed by atoms with van der Waals surface area (Å²) in [7, 11) is 0. The summed E-state index contributed by atoms with van der Waals surface area (Å²) in [4.78, 5) is 4.27. The highest BCUT2D eigenvalue weighted by atomic mass is 35.5. The van der Waals surface area contributed by atoms with Crippen molar-refractivity contribution in [3.8, 4) is 11.3 Å². The number of nitrogen functional groups attached to an aromatic ring is 1. The summed E-state index contributed by atoms with van der Waals surface area (Å²) in [5.74, 6) is 0.149. The van der Waals surface area contributed by atoms with E-state index in [4.69, 9.17) is 17.3 Å². The Kier molecular flexibility index (Phi) is 3.87. The molecule has 0 spiro atoms. The van der Waals surface area contributed by atoms with Crippen LogP contribution in [0.25, 0.3) is 11.3 Å². The maximum Gasteiger partial charge on any atom is 0.141 e. The lowest BCUT2D eigenvalue weighted by Gasteiger charge is -2.05. The molecule has 0 unspecified atom stereocenters. The summed E-state index contributed by atoms with van der Waals surface area (Å²) in [5.41, 5.74) is 7.40. The van der Waals surface area contributed by atoms with Crippen molar-refractivity contribution in [3.63, 3.8) is 0 Å². The minimum atomic E-state index is -0.440. The van der Waals surface area contributed by atoms with Crippen LogP contribution in [0.1, 0.15) is 19.8 Å². The molecule has 1 aromatic heterocycles. The van der Waals surface area contributed by atoms with E-state index >= 15 is 0 Å². The molecule has 0 saturated carbocycles. The number of aryl methyl sites for hydroxylation is 1. The summed E-state index contributed by atoms with van der Waals surface area (Å²) in [6.07, 6.45) is 3.84. The monoisotopic (exact) mass is 267 g/mol. The molecule has 2 rings (SSSR count). The first-order valence-corrected chi connectivity index (χ1v) is 6.27. The van der Waals surface area contributed by atoms with Crippen molar-refractivity contribution >= 4 is 17.4 Å². The smallest absolute Gasteiger partial charge is 0.141 e. The van der Waals surface area contributed by atoms with E-state index in [0.717, 1.165) is 24.9 Å². The zero-order valence-electron chi connectivity index (χ0n) is 10.2. The molecule has 18 heavy (non-hydrogen) atoms. The highest BCUT2D eigenvalue weighted by Gasteiger charge is 2.11. The number of nitrogens with zero attached hydrogens (tertiary/aromatic N) is 2. The second-order valence-corrected chi connectivity index (χ2v) is 4.56. The van der Waals surface area contributed by atoms with Crippen molar-refractivity contribution < 1.29 is 4.39 Å². The van der Waals surface area contributed by atoms with Gasteiger partial charge in [-0.2, -0.15) is 0 Å². The average Bonchev–Trinajstić information content (AvgIpc) is 2.72. The maximum absolute atomic E-state index is 13.1. The zero-order valence-corrected chi connectivity index (χ0v) is 10.9. The maximum atomic E-state index is 13.1. The first kappa shape index (κ1) is 12.9. The number of hydrogen-bond donors (Lipinski definition) is 1. The molecule has 0 aliphatic carbocycles. The van der Waals surface area contributed by atoms with E-state index in [1.807, 2.05) is 4.57 Å². The number of nitrogens with two attached hydrogens (primary N) is 1. The third-order valence-corrected chi connectivity index (χ3v) is 3.11. The van der Waals surface area contributed by atoms with E-state index in [9.17, 15) is 4.39 Å². The van der Waals surface area contributed by atoms with Crippen LogP contribution in [0.2, 0.25) is 5.02 Å². The number of anilines is 1. The Hall–Kier alpha value is -1.55. The molecule has 0 fully saturated rings. The highest BCUT2D eigenvalue weighted by Crippen LogP contribution is 2.28. The minimum absolute atomic E-state index is 0.0787. The van der Waals surface area contributed by atoms with E-state index in [-0.39, 0.29) is 5.02 Å². The predicted octanol–water partition coefficient (Wildman–Crippen LogP) is 3.72. The van der Waals surface area contributed by atoms with Crippen molar-refractivity contribution in [1.29, 1.82) is 0 Å². The minimum Gasteiger partial charge on any atom is -0.383 e. The van der Waals surface area contributed by atoms with E-state index in [0.29, 0.717) is 11.5 Å². The molecule has 1 aromatic carbocycles. The Morgan fingerprint density at radius 3 is 2.89 bits per heavy atom. The highest BCUT2D eigenvalue weighted by molar-refractivity contribution is 6.31. The van der Waals surface area contributed by atoms with Crippen LogP contribution >= 0.6 is 11.6 Å². The fourth-order valence-electron chi connectivity index (χ4n) is 1.76. The molecular formula is C13H15ClFN3. The molecule has 0 aliphatic heterocycles. The number of imidazole rings is 1. The largest absolute Gasteiger partial charge is 0.383 e. The quantitative estimate of drug-likeness (QED) is 0.917. The Morgan fingerprint density at radius 1 is 1.44 bits per heavy atom. The molecule has 2 aromatic rings. The van der Waals surface area contributed by atoms with Gasteiger partial charge in [0.05, 0.1) is 11.3 Å². The van der Waals surface area contributed by atoms with Gasteiger partial charge >= 0.3 is 0 Å². The van der Waals surface area contributed by atoms with Gasteiger partial charge in [0.2, 0.25) is 0 Å². The topological polar surface area (TPSA) is 43.8 Å². The fourth-order valence-corrected chi connectivity index (χ4v) is 1.94. The molecule has 2 N–H and O–H groups in total. The first-order valence-electron chi connectivity index (χ1n) is 5.89. The Balaban J connectivity index is 2.33. The Bertz CT molecular complexity index is 551. The lowest BCUT2D eigenvalue weighted by atomic mass is 10.1. The third kappa shape index (κ3) is 2.48. The zero-order chi connectivity index (χ0) is 13.1. The summed E-state index contributed by atoms with van der Waals surface area (Å²) >= 11 is 5.76. The summed E-state index contributed by atoms with van der Waals surface area (Å²) < 4.78 is 15.0. The number of aromatic nitrogens is 2. The number of benzene rings is 1. The van der Waals surface area contributed by atoms with E-state index in [1.165, 1.54) is 6.07 Å². The van der Waals surface area contributed by atoms with Gasteiger partial charge in [-0.05, 0) is 24.6 Å². The van der Waals surface area contributed by atoms with Gasteiger partial charge in [0.25, 0.3) is 0 Å². The van der Waals surface area contributed by atoms with Crippen molar-refractivity contribution in [3.05, 3.63) is 35.4 Å². The van der Waals surface area contributed by atoms with Crippen LogP contribution in [-0.2, 0) is 6.54 Å². The van der Waals surface area contributed by atoms with Gasteiger partial charge in [-0.3, -0.25) is 0 Å². The molecule has 5 heteroatoms. The van der Waals surface area contributed by atoms with Crippen LogP contribution in [0.3, 0.4) is 0 Å². The number of hydrogen-bond acceptors (Lipinski definition) is 2. The van der Waals surface area contributed by atoms with E-state index in [1.54, 1.807) is 18.5 Å². The number of rotatable bonds is 4. The van der Waals surface area contributed by atoms with Gasteiger partial charge < -0.3 is 10.3 Å². The molecule has 0 aliphatic rings. The normalized spacial score (nSPS) is 10.8. The van der Waals surface area contributed by atoms with Gasteiger partial charge in [-0.15, -0.1) is 0 Å². The second-order valence-electron chi connectivity index (χ2n) is 4.15. The SMILES string of the molecule is CCCCn1cnc(-c2ccc(F)c(Cl)c2)c1N. The van der Waals surface area contributed by atoms with E-state index in [2.05, 4.69) is 11.9 Å². The van der Waals surface area contributed by atoms with E-state index < -0.39 is 5.82 Å². The third-order valence-electron chi connectivity index (χ3n) is 2.82. The van der Waals surface area contributed by atoms with Gasteiger partial charge in [-0.25, -0.2) is 9.37 Å². The van der Waals surface area contributed by atoms with Gasteiger partial charge in [0, 0.05) is 12.1 Å². The van der Waals surface area contributed by atoms with Crippen LogP contribution < -0.4 is 5.73 Å². The van der Waals surface area contributed by atoms with Crippen LogP contribution in [0.4, 0.5) is 10.2 Å². The van der Waals surface area contributed by atoms with Crippen LogP contribution in [-0.4, -0.2) is 9.55 Å².